The fourth-order valence-corrected chi connectivity index (χ4v) is 1.41. The first-order chi connectivity index (χ1) is 9.31. The van der Waals surface area contributed by atoms with E-state index in [4.69, 9.17) is 14.6 Å². The van der Waals surface area contributed by atoms with Gasteiger partial charge in [0.15, 0.2) is 5.60 Å². The van der Waals surface area contributed by atoms with Gasteiger partial charge in [0.25, 0.3) is 5.91 Å². The highest BCUT2D eigenvalue weighted by Crippen LogP contribution is 2.24. The van der Waals surface area contributed by atoms with Crippen molar-refractivity contribution in [3.8, 4) is 11.5 Å². The summed E-state index contributed by atoms with van der Waals surface area (Å²) in [5.74, 6) is -1.15. The van der Waals surface area contributed by atoms with E-state index in [2.05, 4.69) is 5.32 Å². The SMILES string of the molecule is COc1ccc(C(=O)NCC(C)(O)C(=O)O)c(OC)c1. The highest BCUT2D eigenvalue weighted by Gasteiger charge is 2.30. The molecule has 1 aromatic rings. The van der Waals surface area contributed by atoms with Gasteiger partial charge in [0.2, 0.25) is 0 Å². The molecule has 1 atom stereocenters. The van der Waals surface area contributed by atoms with Gasteiger partial charge in [-0.1, -0.05) is 0 Å². The van der Waals surface area contributed by atoms with Gasteiger partial charge < -0.3 is 25.0 Å². The van der Waals surface area contributed by atoms with E-state index < -0.39 is 24.0 Å². The van der Waals surface area contributed by atoms with Crippen molar-refractivity contribution < 1.29 is 29.3 Å². The molecular weight excluding hydrogens is 266 g/mol. The van der Waals surface area contributed by atoms with Crippen molar-refractivity contribution >= 4 is 11.9 Å². The Morgan fingerprint density at radius 1 is 1.30 bits per heavy atom. The topological polar surface area (TPSA) is 105 Å². The number of benzene rings is 1. The summed E-state index contributed by atoms with van der Waals surface area (Å²) in [7, 11) is 2.89. The second kappa shape index (κ2) is 6.25. The first-order valence-electron chi connectivity index (χ1n) is 5.78. The number of aliphatic carboxylic acids is 1. The summed E-state index contributed by atoms with van der Waals surface area (Å²) in [6, 6.07) is 4.60. The number of aliphatic hydroxyl groups is 1. The molecule has 20 heavy (non-hydrogen) atoms. The normalized spacial score (nSPS) is 13.2. The van der Waals surface area contributed by atoms with Crippen LogP contribution < -0.4 is 14.8 Å². The fraction of sp³-hybridized carbons (Fsp3) is 0.385. The Kier molecular flexibility index (Phi) is 4.93. The van der Waals surface area contributed by atoms with Crippen molar-refractivity contribution in [2.24, 2.45) is 0 Å². The van der Waals surface area contributed by atoms with Crippen molar-refractivity contribution in [2.45, 2.75) is 12.5 Å². The van der Waals surface area contributed by atoms with E-state index >= 15 is 0 Å². The summed E-state index contributed by atoms with van der Waals surface area (Å²) in [6.07, 6.45) is 0. The number of carboxylic acid groups (broad SMARTS) is 1. The molecule has 3 N–H and O–H groups in total. The van der Waals surface area contributed by atoms with Gasteiger partial charge in [0.1, 0.15) is 11.5 Å². The molecule has 110 valence electrons. The molecule has 0 fully saturated rings. The van der Waals surface area contributed by atoms with Crippen molar-refractivity contribution in [3.63, 3.8) is 0 Å². The van der Waals surface area contributed by atoms with Gasteiger partial charge >= 0.3 is 5.97 Å². The maximum atomic E-state index is 12.0. The van der Waals surface area contributed by atoms with E-state index in [1.807, 2.05) is 0 Å². The van der Waals surface area contributed by atoms with Crippen LogP contribution in [0, 0.1) is 0 Å². The molecular formula is C13H17NO6. The summed E-state index contributed by atoms with van der Waals surface area (Å²) >= 11 is 0. The van der Waals surface area contributed by atoms with E-state index in [9.17, 15) is 14.7 Å². The van der Waals surface area contributed by atoms with Gasteiger partial charge in [0, 0.05) is 6.07 Å². The number of rotatable bonds is 6. The molecule has 0 aromatic heterocycles. The number of amides is 1. The van der Waals surface area contributed by atoms with Gasteiger partial charge in [-0.15, -0.1) is 0 Å². The summed E-state index contributed by atoms with van der Waals surface area (Å²) < 4.78 is 10.1. The zero-order valence-corrected chi connectivity index (χ0v) is 11.5. The van der Waals surface area contributed by atoms with Crippen molar-refractivity contribution in [3.05, 3.63) is 23.8 Å². The molecule has 0 saturated carbocycles. The summed E-state index contributed by atoms with van der Waals surface area (Å²) in [5, 5.41) is 20.6. The van der Waals surface area contributed by atoms with Crippen LogP contribution >= 0.6 is 0 Å². The number of carbonyl (C=O) groups is 2. The van der Waals surface area contributed by atoms with E-state index in [1.54, 1.807) is 6.07 Å². The quantitative estimate of drug-likeness (QED) is 0.692. The maximum absolute atomic E-state index is 12.0. The zero-order chi connectivity index (χ0) is 15.3. The van der Waals surface area contributed by atoms with Crippen molar-refractivity contribution in [1.82, 2.24) is 5.32 Å². The van der Waals surface area contributed by atoms with E-state index in [1.165, 1.54) is 26.4 Å². The second-order valence-corrected chi connectivity index (χ2v) is 4.33. The number of carboxylic acids is 1. The monoisotopic (exact) mass is 283 g/mol. The largest absolute Gasteiger partial charge is 0.497 e. The predicted octanol–water partition coefficient (Wildman–Crippen LogP) is 0.269. The van der Waals surface area contributed by atoms with Crippen LogP contribution in [0.4, 0.5) is 0 Å². The zero-order valence-electron chi connectivity index (χ0n) is 11.5. The predicted molar refractivity (Wildman–Crippen MR) is 70.1 cm³/mol. The molecule has 0 spiro atoms. The molecule has 0 heterocycles. The number of ether oxygens (including phenoxy) is 2. The van der Waals surface area contributed by atoms with Gasteiger partial charge in [-0.05, 0) is 19.1 Å². The minimum Gasteiger partial charge on any atom is -0.497 e. The lowest BCUT2D eigenvalue weighted by Gasteiger charge is -2.18. The van der Waals surface area contributed by atoms with Crippen molar-refractivity contribution in [2.75, 3.05) is 20.8 Å². The molecule has 0 saturated heterocycles. The first-order valence-corrected chi connectivity index (χ1v) is 5.78. The lowest BCUT2D eigenvalue weighted by molar-refractivity contribution is -0.155. The smallest absolute Gasteiger partial charge is 0.337 e. The van der Waals surface area contributed by atoms with Crippen LogP contribution in [-0.4, -0.2) is 48.5 Å². The Labute approximate surface area is 116 Å². The molecule has 1 aromatic carbocycles. The molecule has 1 unspecified atom stereocenters. The van der Waals surface area contributed by atoms with Gasteiger partial charge in [-0.3, -0.25) is 4.79 Å². The fourth-order valence-electron chi connectivity index (χ4n) is 1.41. The highest BCUT2D eigenvalue weighted by atomic mass is 16.5. The second-order valence-electron chi connectivity index (χ2n) is 4.33. The molecule has 7 heteroatoms. The molecule has 0 radical (unpaired) electrons. The van der Waals surface area contributed by atoms with Gasteiger partial charge in [0.05, 0.1) is 26.3 Å². The third-order valence-electron chi connectivity index (χ3n) is 2.71. The number of nitrogens with one attached hydrogen (secondary N) is 1. The summed E-state index contributed by atoms with van der Waals surface area (Å²) in [4.78, 5) is 22.7. The Bertz CT molecular complexity index is 512. The van der Waals surface area contributed by atoms with Crippen molar-refractivity contribution in [1.29, 1.82) is 0 Å². The number of carbonyl (C=O) groups excluding carboxylic acids is 1. The van der Waals surface area contributed by atoms with Crippen LogP contribution in [0.5, 0.6) is 11.5 Å². The third-order valence-corrected chi connectivity index (χ3v) is 2.71. The summed E-state index contributed by atoms with van der Waals surface area (Å²) in [5.41, 5.74) is -1.82. The van der Waals surface area contributed by atoms with Crippen LogP contribution in [0.3, 0.4) is 0 Å². The molecule has 0 aliphatic carbocycles. The molecule has 1 rings (SSSR count). The number of hydrogen-bond donors (Lipinski definition) is 3. The van der Waals surface area contributed by atoms with E-state index in [0.29, 0.717) is 5.75 Å². The lowest BCUT2D eigenvalue weighted by Crippen LogP contribution is -2.46. The molecule has 1 amide bonds. The average Bonchev–Trinajstić information content (AvgIpc) is 2.43. The number of hydrogen-bond acceptors (Lipinski definition) is 5. The van der Waals surface area contributed by atoms with Crippen LogP contribution in [0.25, 0.3) is 0 Å². The standard InChI is InChI=1S/C13H17NO6/c1-13(18,12(16)17)7-14-11(15)9-5-4-8(19-2)6-10(9)20-3/h4-6,18H,7H2,1-3H3,(H,14,15)(H,16,17). The third kappa shape index (κ3) is 3.61. The van der Waals surface area contributed by atoms with Gasteiger partial charge in [-0.2, -0.15) is 0 Å². The molecule has 0 aliphatic heterocycles. The minimum atomic E-state index is -2.03. The Morgan fingerprint density at radius 2 is 1.95 bits per heavy atom. The molecule has 7 nitrogen and oxygen atoms in total. The maximum Gasteiger partial charge on any atom is 0.337 e. The van der Waals surface area contributed by atoms with Crippen LogP contribution in [0.15, 0.2) is 18.2 Å². The first kappa shape index (κ1) is 15.8. The Hall–Kier alpha value is -2.28. The lowest BCUT2D eigenvalue weighted by atomic mass is 10.1. The van der Waals surface area contributed by atoms with Gasteiger partial charge in [-0.25, -0.2) is 4.79 Å². The van der Waals surface area contributed by atoms with Crippen LogP contribution in [0.1, 0.15) is 17.3 Å². The average molecular weight is 283 g/mol. The highest BCUT2D eigenvalue weighted by molar-refractivity contribution is 5.97. The number of methoxy groups -OCH3 is 2. The van der Waals surface area contributed by atoms with E-state index in [0.717, 1.165) is 6.92 Å². The Morgan fingerprint density at radius 3 is 2.45 bits per heavy atom. The summed E-state index contributed by atoms with van der Waals surface area (Å²) in [6.45, 7) is 0.678. The Balaban J connectivity index is 2.85. The molecule has 0 aliphatic rings. The van der Waals surface area contributed by atoms with Crippen LogP contribution in [-0.2, 0) is 4.79 Å². The minimum absolute atomic E-state index is 0.217. The molecule has 0 bridgehead atoms. The van der Waals surface area contributed by atoms with E-state index in [-0.39, 0.29) is 11.3 Å². The van der Waals surface area contributed by atoms with Crippen LogP contribution in [0.2, 0.25) is 0 Å².